The van der Waals surface area contributed by atoms with Crippen LogP contribution < -0.4 is 5.32 Å². The first-order chi connectivity index (χ1) is 7.41. The summed E-state index contributed by atoms with van der Waals surface area (Å²) < 4.78 is 11.2. The fourth-order valence-corrected chi connectivity index (χ4v) is 2.71. The van der Waals surface area contributed by atoms with Gasteiger partial charge in [-0.2, -0.15) is 0 Å². The maximum atomic E-state index is 11.2. The number of hydrogen-bond acceptors (Lipinski definition) is 2. The van der Waals surface area contributed by atoms with Crippen molar-refractivity contribution in [3.05, 3.63) is 0 Å². The lowest BCUT2D eigenvalue weighted by Crippen LogP contribution is -2.37. The zero-order valence-corrected chi connectivity index (χ0v) is 12.0. The second-order valence-corrected chi connectivity index (χ2v) is 7.79. The van der Waals surface area contributed by atoms with Gasteiger partial charge in [0.1, 0.15) is 0 Å². The summed E-state index contributed by atoms with van der Waals surface area (Å²) in [6, 6.07) is 0.700. The van der Waals surface area contributed by atoms with Crippen molar-refractivity contribution in [1.82, 2.24) is 5.32 Å². The maximum Gasteiger partial charge on any atom is 0.0329 e. The van der Waals surface area contributed by atoms with Gasteiger partial charge in [-0.25, -0.2) is 0 Å². The molecule has 16 heavy (non-hydrogen) atoms. The van der Waals surface area contributed by atoms with Crippen LogP contribution in [0.5, 0.6) is 0 Å². The first kappa shape index (κ1) is 14.2. The van der Waals surface area contributed by atoms with Crippen molar-refractivity contribution >= 4 is 10.8 Å². The van der Waals surface area contributed by atoms with Crippen LogP contribution in [-0.4, -0.2) is 28.3 Å². The standard InChI is InChI=1S/C13H27NOS/c1-11(16(4)15)7-10-14-12-5-8-13(2,3)9-6-12/h11-12,14H,5-10H2,1-4H3. The van der Waals surface area contributed by atoms with Crippen molar-refractivity contribution in [3.8, 4) is 0 Å². The van der Waals surface area contributed by atoms with Crippen molar-refractivity contribution in [2.45, 2.75) is 64.2 Å². The zero-order chi connectivity index (χ0) is 12.2. The normalized spacial score (nSPS) is 25.2. The summed E-state index contributed by atoms with van der Waals surface area (Å²) in [7, 11) is -0.669. The molecule has 0 radical (unpaired) electrons. The van der Waals surface area contributed by atoms with Crippen molar-refractivity contribution < 1.29 is 4.21 Å². The quantitative estimate of drug-likeness (QED) is 0.807. The van der Waals surface area contributed by atoms with Gasteiger partial charge in [-0.1, -0.05) is 20.8 Å². The maximum absolute atomic E-state index is 11.2. The van der Waals surface area contributed by atoms with Gasteiger partial charge in [-0.3, -0.25) is 4.21 Å². The molecule has 1 rings (SSSR count). The Kier molecular flexibility index (Phi) is 5.45. The van der Waals surface area contributed by atoms with Gasteiger partial charge in [0.2, 0.25) is 0 Å². The molecule has 0 heterocycles. The molecule has 1 fully saturated rings. The summed E-state index contributed by atoms with van der Waals surface area (Å²) in [6.45, 7) is 7.82. The molecule has 96 valence electrons. The Hall–Kier alpha value is 0.110. The molecule has 2 atom stereocenters. The van der Waals surface area contributed by atoms with Gasteiger partial charge in [-0.05, 0) is 44.1 Å². The minimum absolute atomic E-state index is 0.326. The van der Waals surface area contributed by atoms with E-state index in [9.17, 15) is 4.21 Å². The largest absolute Gasteiger partial charge is 0.314 e. The summed E-state index contributed by atoms with van der Waals surface area (Å²) in [4.78, 5) is 0. The average molecular weight is 245 g/mol. The molecule has 0 aromatic heterocycles. The fraction of sp³-hybridized carbons (Fsp3) is 1.00. The molecule has 0 amide bonds. The van der Waals surface area contributed by atoms with E-state index in [-0.39, 0.29) is 0 Å². The van der Waals surface area contributed by atoms with Crippen LogP contribution in [0.4, 0.5) is 0 Å². The first-order valence-electron chi connectivity index (χ1n) is 6.46. The van der Waals surface area contributed by atoms with Crippen LogP contribution in [-0.2, 0) is 10.8 Å². The minimum Gasteiger partial charge on any atom is -0.314 e. The number of nitrogens with one attached hydrogen (secondary N) is 1. The molecule has 0 spiro atoms. The van der Waals surface area contributed by atoms with E-state index < -0.39 is 10.8 Å². The highest BCUT2D eigenvalue weighted by Crippen LogP contribution is 2.34. The molecular weight excluding hydrogens is 218 g/mol. The van der Waals surface area contributed by atoms with Gasteiger partial charge in [0.15, 0.2) is 0 Å². The molecule has 1 N–H and O–H groups in total. The second kappa shape index (κ2) is 6.15. The van der Waals surface area contributed by atoms with Gasteiger partial charge < -0.3 is 5.32 Å². The molecule has 3 heteroatoms. The molecule has 2 nitrogen and oxygen atoms in total. The van der Waals surface area contributed by atoms with Gasteiger partial charge in [0.25, 0.3) is 0 Å². The highest BCUT2D eigenvalue weighted by Gasteiger charge is 2.26. The molecule has 0 bridgehead atoms. The van der Waals surface area contributed by atoms with Crippen LogP contribution in [0, 0.1) is 5.41 Å². The second-order valence-electron chi connectivity index (χ2n) is 5.99. The van der Waals surface area contributed by atoms with E-state index in [1.54, 1.807) is 6.26 Å². The van der Waals surface area contributed by atoms with Gasteiger partial charge in [0, 0.05) is 28.3 Å². The van der Waals surface area contributed by atoms with Crippen LogP contribution in [0.1, 0.15) is 52.9 Å². The third-order valence-corrected chi connectivity index (χ3v) is 5.26. The molecular formula is C13H27NOS. The molecule has 1 saturated carbocycles. The van der Waals surface area contributed by atoms with E-state index in [1.165, 1.54) is 25.7 Å². The smallest absolute Gasteiger partial charge is 0.0329 e. The van der Waals surface area contributed by atoms with Crippen molar-refractivity contribution in [3.63, 3.8) is 0 Å². The van der Waals surface area contributed by atoms with Gasteiger partial charge in [-0.15, -0.1) is 0 Å². The summed E-state index contributed by atoms with van der Waals surface area (Å²) in [5.74, 6) is 0. The van der Waals surface area contributed by atoms with Gasteiger partial charge in [0.05, 0.1) is 0 Å². The zero-order valence-electron chi connectivity index (χ0n) is 11.2. The third-order valence-electron chi connectivity index (χ3n) is 3.89. The SMILES string of the molecule is CC(CCNC1CCC(C)(C)CC1)S(C)=O. The van der Waals surface area contributed by atoms with Crippen LogP contribution in [0.3, 0.4) is 0 Å². The molecule has 2 unspecified atom stereocenters. The molecule has 1 aliphatic rings. The van der Waals surface area contributed by atoms with Crippen molar-refractivity contribution in [1.29, 1.82) is 0 Å². The van der Waals surface area contributed by atoms with Crippen molar-refractivity contribution in [2.24, 2.45) is 5.41 Å². The van der Waals surface area contributed by atoms with E-state index in [4.69, 9.17) is 0 Å². The predicted octanol–water partition coefficient (Wildman–Crippen LogP) is 2.70. The Bertz CT molecular complexity index is 230. The minimum atomic E-state index is -0.669. The van der Waals surface area contributed by atoms with E-state index in [2.05, 4.69) is 26.1 Å². The summed E-state index contributed by atoms with van der Waals surface area (Å²) in [6.07, 6.45) is 8.10. The Morgan fingerprint density at radius 1 is 1.38 bits per heavy atom. The lowest BCUT2D eigenvalue weighted by Gasteiger charge is -2.34. The number of rotatable bonds is 5. The van der Waals surface area contributed by atoms with Crippen molar-refractivity contribution in [2.75, 3.05) is 12.8 Å². The van der Waals surface area contributed by atoms with Crippen LogP contribution >= 0.6 is 0 Å². The van der Waals surface area contributed by atoms with Gasteiger partial charge >= 0.3 is 0 Å². The Morgan fingerprint density at radius 3 is 2.44 bits per heavy atom. The van der Waals surface area contributed by atoms with E-state index in [0.29, 0.717) is 16.7 Å². The molecule has 0 aromatic rings. The van der Waals surface area contributed by atoms with E-state index >= 15 is 0 Å². The molecule has 0 saturated heterocycles. The lowest BCUT2D eigenvalue weighted by atomic mass is 9.75. The summed E-state index contributed by atoms with van der Waals surface area (Å²) in [5.41, 5.74) is 0.552. The third kappa shape index (κ3) is 4.96. The van der Waals surface area contributed by atoms with Crippen LogP contribution in [0.2, 0.25) is 0 Å². The monoisotopic (exact) mass is 245 g/mol. The highest BCUT2D eigenvalue weighted by atomic mass is 32.2. The highest BCUT2D eigenvalue weighted by molar-refractivity contribution is 7.84. The summed E-state index contributed by atoms with van der Waals surface area (Å²) in [5, 5.41) is 3.94. The first-order valence-corrected chi connectivity index (χ1v) is 8.08. The fourth-order valence-electron chi connectivity index (χ4n) is 2.26. The van der Waals surface area contributed by atoms with Crippen LogP contribution in [0.25, 0.3) is 0 Å². The number of hydrogen-bond donors (Lipinski definition) is 1. The molecule has 0 aliphatic heterocycles. The molecule has 1 aliphatic carbocycles. The van der Waals surface area contributed by atoms with E-state index in [1.807, 2.05) is 0 Å². The average Bonchev–Trinajstić information content (AvgIpc) is 2.20. The summed E-state index contributed by atoms with van der Waals surface area (Å²) >= 11 is 0. The Morgan fingerprint density at radius 2 is 1.94 bits per heavy atom. The molecule has 0 aromatic carbocycles. The lowest BCUT2D eigenvalue weighted by molar-refractivity contribution is 0.206. The van der Waals surface area contributed by atoms with E-state index in [0.717, 1.165) is 13.0 Å². The topological polar surface area (TPSA) is 29.1 Å². The predicted molar refractivity (Wildman–Crippen MR) is 72.2 cm³/mol. The Labute approximate surface area is 103 Å². The Balaban J connectivity index is 2.13. The van der Waals surface area contributed by atoms with Crippen LogP contribution in [0.15, 0.2) is 0 Å².